The second kappa shape index (κ2) is 9.81. The highest BCUT2D eigenvalue weighted by atomic mass is 19.4. The first kappa shape index (κ1) is 23.1. The standard InChI is InChI=1S/C22H21F3N6O3/c1-26-19(32)14-3-2-4-15(11-14)29-20-27-13-28-21(30-20)31-10-9-18(12-31)33-16-5-7-17(8-6-16)34-22(23,24)25/h2-8,11,13,18H,9-10,12H2,1H3,(H,26,32)(H,27,28,29,30)/t18-/m1/s1. The minimum absolute atomic E-state index is 0.188. The van der Waals surface area contributed by atoms with Crippen molar-refractivity contribution in [3.8, 4) is 11.5 Å². The lowest BCUT2D eigenvalue weighted by Crippen LogP contribution is -2.26. The van der Waals surface area contributed by atoms with Crippen LogP contribution < -0.4 is 25.0 Å². The van der Waals surface area contributed by atoms with Crippen molar-refractivity contribution in [2.24, 2.45) is 0 Å². The Hall–Kier alpha value is -4.09. The van der Waals surface area contributed by atoms with Crippen LogP contribution in [0.25, 0.3) is 0 Å². The largest absolute Gasteiger partial charge is 0.573 e. The molecule has 2 N–H and O–H groups in total. The third-order valence-corrected chi connectivity index (χ3v) is 4.96. The highest BCUT2D eigenvalue weighted by Crippen LogP contribution is 2.27. The van der Waals surface area contributed by atoms with Gasteiger partial charge in [-0.3, -0.25) is 4.79 Å². The Morgan fingerprint density at radius 3 is 2.62 bits per heavy atom. The van der Waals surface area contributed by atoms with Crippen LogP contribution in [0.5, 0.6) is 11.5 Å². The molecule has 0 radical (unpaired) electrons. The Balaban J connectivity index is 1.36. The molecule has 1 amide bonds. The maximum atomic E-state index is 12.3. The summed E-state index contributed by atoms with van der Waals surface area (Å²) in [6.07, 6.45) is -2.85. The Labute approximate surface area is 192 Å². The zero-order chi connectivity index (χ0) is 24.1. The lowest BCUT2D eigenvalue weighted by atomic mass is 10.2. The van der Waals surface area contributed by atoms with Gasteiger partial charge >= 0.3 is 6.36 Å². The fourth-order valence-electron chi connectivity index (χ4n) is 3.43. The molecule has 9 nitrogen and oxygen atoms in total. The minimum Gasteiger partial charge on any atom is -0.489 e. The normalized spacial score (nSPS) is 15.6. The van der Waals surface area contributed by atoms with Crippen LogP contribution in [0, 0.1) is 0 Å². The number of amides is 1. The summed E-state index contributed by atoms with van der Waals surface area (Å²) in [5.41, 5.74) is 1.15. The van der Waals surface area contributed by atoms with E-state index in [9.17, 15) is 18.0 Å². The van der Waals surface area contributed by atoms with Gasteiger partial charge in [0.2, 0.25) is 11.9 Å². The average molecular weight is 474 g/mol. The van der Waals surface area contributed by atoms with Crippen molar-refractivity contribution in [3.63, 3.8) is 0 Å². The number of alkyl halides is 3. The lowest BCUT2D eigenvalue weighted by Gasteiger charge is -2.17. The predicted octanol–water partition coefficient (Wildman–Crippen LogP) is 3.53. The molecule has 1 saturated heterocycles. The van der Waals surface area contributed by atoms with E-state index in [0.29, 0.717) is 48.4 Å². The Bertz CT molecular complexity index is 1140. The highest BCUT2D eigenvalue weighted by molar-refractivity contribution is 5.95. The molecule has 0 saturated carbocycles. The Morgan fingerprint density at radius 1 is 1.12 bits per heavy atom. The van der Waals surface area contributed by atoms with E-state index in [4.69, 9.17) is 4.74 Å². The minimum atomic E-state index is -4.74. The van der Waals surface area contributed by atoms with Crippen LogP contribution in [0.15, 0.2) is 54.9 Å². The van der Waals surface area contributed by atoms with Crippen LogP contribution in [0.3, 0.4) is 0 Å². The number of anilines is 3. The first-order valence-electron chi connectivity index (χ1n) is 10.3. The first-order chi connectivity index (χ1) is 16.3. The van der Waals surface area contributed by atoms with E-state index < -0.39 is 6.36 Å². The van der Waals surface area contributed by atoms with Gasteiger partial charge in [0.05, 0.1) is 6.54 Å². The zero-order valence-corrected chi connectivity index (χ0v) is 18.0. The molecule has 1 atom stereocenters. The topological polar surface area (TPSA) is 102 Å². The average Bonchev–Trinajstić information content (AvgIpc) is 3.28. The molecule has 1 aromatic heterocycles. The third kappa shape index (κ3) is 6.03. The van der Waals surface area contributed by atoms with Gasteiger partial charge in [0, 0.05) is 31.3 Å². The number of nitrogens with zero attached hydrogens (tertiary/aromatic N) is 4. The number of rotatable bonds is 7. The number of nitrogens with one attached hydrogen (secondary N) is 2. The van der Waals surface area contributed by atoms with Crippen molar-refractivity contribution in [2.45, 2.75) is 18.9 Å². The van der Waals surface area contributed by atoms with Crippen LogP contribution in [0.1, 0.15) is 16.8 Å². The summed E-state index contributed by atoms with van der Waals surface area (Å²) in [6.45, 7) is 1.13. The van der Waals surface area contributed by atoms with Crippen molar-refractivity contribution < 1.29 is 27.4 Å². The monoisotopic (exact) mass is 474 g/mol. The fourth-order valence-corrected chi connectivity index (χ4v) is 3.43. The predicted molar refractivity (Wildman–Crippen MR) is 117 cm³/mol. The number of benzene rings is 2. The fraction of sp³-hybridized carbons (Fsp3) is 0.273. The van der Waals surface area contributed by atoms with Gasteiger partial charge in [-0.05, 0) is 42.5 Å². The quantitative estimate of drug-likeness (QED) is 0.536. The van der Waals surface area contributed by atoms with Gasteiger partial charge < -0.3 is 25.0 Å². The summed E-state index contributed by atoms with van der Waals surface area (Å²) >= 11 is 0. The molecule has 1 fully saturated rings. The van der Waals surface area contributed by atoms with E-state index in [2.05, 4.69) is 30.3 Å². The third-order valence-electron chi connectivity index (χ3n) is 4.96. The molecule has 1 aliphatic rings. The summed E-state index contributed by atoms with van der Waals surface area (Å²) in [6, 6.07) is 12.2. The number of carbonyl (C=O) groups excluding carboxylic acids is 1. The number of hydrogen-bond acceptors (Lipinski definition) is 8. The summed E-state index contributed by atoms with van der Waals surface area (Å²) in [4.78, 5) is 26.6. The van der Waals surface area contributed by atoms with E-state index in [1.165, 1.54) is 30.6 Å². The second-order valence-electron chi connectivity index (χ2n) is 7.39. The Morgan fingerprint density at radius 2 is 1.88 bits per heavy atom. The van der Waals surface area contributed by atoms with Crippen molar-refractivity contribution in [1.29, 1.82) is 0 Å². The molecular weight excluding hydrogens is 453 g/mol. The van der Waals surface area contributed by atoms with Crippen molar-refractivity contribution in [2.75, 3.05) is 30.4 Å². The van der Waals surface area contributed by atoms with Gasteiger partial charge in [0.15, 0.2) is 0 Å². The molecule has 2 aromatic carbocycles. The second-order valence-corrected chi connectivity index (χ2v) is 7.39. The van der Waals surface area contributed by atoms with Crippen LogP contribution >= 0.6 is 0 Å². The maximum Gasteiger partial charge on any atom is 0.573 e. The molecular formula is C22H21F3N6O3. The summed E-state index contributed by atoms with van der Waals surface area (Å²) in [5, 5.41) is 5.64. The molecule has 178 valence electrons. The van der Waals surface area contributed by atoms with Gasteiger partial charge in [-0.15, -0.1) is 13.2 Å². The van der Waals surface area contributed by atoms with Gasteiger partial charge in [-0.1, -0.05) is 6.07 Å². The lowest BCUT2D eigenvalue weighted by molar-refractivity contribution is -0.274. The molecule has 0 unspecified atom stereocenters. The van der Waals surface area contributed by atoms with E-state index >= 15 is 0 Å². The highest BCUT2D eigenvalue weighted by Gasteiger charge is 2.31. The molecule has 0 aliphatic carbocycles. The summed E-state index contributed by atoms with van der Waals surface area (Å²) in [7, 11) is 1.56. The zero-order valence-electron chi connectivity index (χ0n) is 18.0. The molecule has 1 aliphatic heterocycles. The number of aromatic nitrogens is 3. The molecule has 12 heteroatoms. The van der Waals surface area contributed by atoms with Crippen LogP contribution in [0.2, 0.25) is 0 Å². The van der Waals surface area contributed by atoms with Crippen LogP contribution in [-0.4, -0.2) is 53.5 Å². The number of ether oxygens (including phenoxy) is 2. The van der Waals surface area contributed by atoms with Gasteiger partial charge in [0.25, 0.3) is 5.91 Å². The van der Waals surface area contributed by atoms with Crippen LogP contribution in [0.4, 0.5) is 30.8 Å². The van der Waals surface area contributed by atoms with Gasteiger partial charge in [0.1, 0.15) is 23.9 Å². The number of halogens is 3. The summed E-state index contributed by atoms with van der Waals surface area (Å²) < 4.78 is 46.6. The first-order valence-corrected chi connectivity index (χ1v) is 10.3. The number of carbonyl (C=O) groups is 1. The van der Waals surface area contributed by atoms with E-state index in [1.807, 2.05) is 4.90 Å². The Kier molecular flexibility index (Phi) is 6.66. The van der Waals surface area contributed by atoms with E-state index in [-0.39, 0.29) is 17.8 Å². The summed E-state index contributed by atoms with van der Waals surface area (Å²) in [5.74, 6) is 0.712. The molecule has 2 heterocycles. The van der Waals surface area contributed by atoms with Crippen molar-refractivity contribution >= 4 is 23.5 Å². The van der Waals surface area contributed by atoms with Crippen LogP contribution in [-0.2, 0) is 0 Å². The van der Waals surface area contributed by atoms with Crippen molar-refractivity contribution in [3.05, 3.63) is 60.4 Å². The molecule has 34 heavy (non-hydrogen) atoms. The number of hydrogen-bond donors (Lipinski definition) is 2. The molecule has 3 aromatic rings. The van der Waals surface area contributed by atoms with E-state index in [1.54, 1.807) is 31.3 Å². The van der Waals surface area contributed by atoms with E-state index in [0.717, 1.165) is 0 Å². The van der Waals surface area contributed by atoms with Crippen molar-refractivity contribution in [1.82, 2.24) is 20.3 Å². The molecule has 0 bridgehead atoms. The smallest absolute Gasteiger partial charge is 0.489 e. The maximum absolute atomic E-state index is 12.3. The van der Waals surface area contributed by atoms with Gasteiger partial charge in [-0.2, -0.15) is 4.98 Å². The molecule has 4 rings (SSSR count). The SMILES string of the molecule is CNC(=O)c1cccc(Nc2ncnc(N3CC[C@@H](Oc4ccc(OC(F)(F)F)cc4)C3)n2)c1. The molecule has 0 spiro atoms. The van der Waals surface area contributed by atoms with Gasteiger partial charge in [-0.25, -0.2) is 9.97 Å².